The fourth-order valence-electron chi connectivity index (χ4n) is 2.90. The van der Waals surface area contributed by atoms with Crippen LogP contribution in [0.15, 0.2) is 4.52 Å². The predicted molar refractivity (Wildman–Crippen MR) is 81.6 cm³/mol. The largest absolute Gasteiger partial charge is 0.370 e. The van der Waals surface area contributed by atoms with Gasteiger partial charge in [-0.05, 0) is 37.0 Å². The highest BCUT2D eigenvalue weighted by Gasteiger charge is 2.43. The van der Waals surface area contributed by atoms with E-state index in [0.29, 0.717) is 23.0 Å². The molecule has 0 saturated heterocycles. The molecule has 21 heavy (non-hydrogen) atoms. The maximum atomic E-state index is 6.18. The molecular formula is C16H29N3O2. The van der Waals surface area contributed by atoms with Gasteiger partial charge in [-0.15, -0.1) is 0 Å². The van der Waals surface area contributed by atoms with E-state index in [9.17, 15) is 0 Å². The van der Waals surface area contributed by atoms with Crippen LogP contribution < -0.4 is 5.73 Å². The van der Waals surface area contributed by atoms with Gasteiger partial charge in [-0.1, -0.05) is 39.3 Å². The lowest BCUT2D eigenvalue weighted by molar-refractivity contribution is -0.0740. The minimum atomic E-state index is -0.410. The number of nitrogens with zero attached hydrogens (tertiary/aromatic N) is 2. The summed E-state index contributed by atoms with van der Waals surface area (Å²) in [6.07, 6.45) is 5.04. The van der Waals surface area contributed by atoms with Gasteiger partial charge in [0.05, 0.1) is 6.04 Å². The summed E-state index contributed by atoms with van der Waals surface area (Å²) < 4.78 is 11.2. The molecule has 1 saturated carbocycles. The Balaban J connectivity index is 2.19. The van der Waals surface area contributed by atoms with Crippen LogP contribution in [0.1, 0.15) is 77.6 Å². The van der Waals surface area contributed by atoms with E-state index < -0.39 is 5.60 Å². The first-order valence-corrected chi connectivity index (χ1v) is 7.98. The number of rotatable bonds is 5. The van der Waals surface area contributed by atoms with Crippen molar-refractivity contribution in [2.75, 3.05) is 7.11 Å². The Bertz CT molecular complexity index is 460. The zero-order valence-electron chi connectivity index (χ0n) is 14.0. The summed E-state index contributed by atoms with van der Waals surface area (Å²) in [5, 5.41) is 4.18. The number of hydrogen-bond donors (Lipinski definition) is 1. The Kier molecular flexibility index (Phi) is 4.73. The molecule has 1 aromatic rings. The summed E-state index contributed by atoms with van der Waals surface area (Å²) in [5.74, 6) is 1.51. The van der Waals surface area contributed by atoms with Gasteiger partial charge in [0.25, 0.3) is 0 Å². The molecule has 0 amide bonds. The Labute approximate surface area is 127 Å². The van der Waals surface area contributed by atoms with Crippen molar-refractivity contribution in [2.45, 2.75) is 71.4 Å². The van der Waals surface area contributed by atoms with Crippen molar-refractivity contribution in [3.63, 3.8) is 0 Å². The molecule has 0 radical (unpaired) electrons. The maximum absolute atomic E-state index is 6.18. The van der Waals surface area contributed by atoms with Crippen LogP contribution in [-0.4, -0.2) is 17.3 Å². The predicted octanol–water partition coefficient (Wildman–Crippen LogP) is 3.56. The normalized spacial score (nSPS) is 23.7. The molecule has 2 rings (SSSR count). The van der Waals surface area contributed by atoms with Crippen molar-refractivity contribution in [1.29, 1.82) is 0 Å². The first kappa shape index (κ1) is 16.4. The molecule has 5 heteroatoms. The fraction of sp³-hybridized carbons (Fsp3) is 0.875. The van der Waals surface area contributed by atoms with Gasteiger partial charge in [-0.3, -0.25) is 0 Å². The summed E-state index contributed by atoms with van der Waals surface area (Å²) in [5.41, 5.74) is 6.14. The highest BCUT2D eigenvalue weighted by molar-refractivity contribution is 5.06. The van der Waals surface area contributed by atoms with E-state index in [0.717, 1.165) is 32.1 Å². The van der Waals surface area contributed by atoms with Crippen LogP contribution in [-0.2, 0) is 10.3 Å². The molecule has 1 aliphatic carbocycles. The topological polar surface area (TPSA) is 74.2 Å². The lowest BCUT2D eigenvalue weighted by Crippen LogP contribution is -2.37. The van der Waals surface area contributed by atoms with E-state index in [1.165, 1.54) is 0 Å². The number of nitrogens with two attached hydrogens (primary N) is 1. The molecule has 2 N–H and O–H groups in total. The van der Waals surface area contributed by atoms with Crippen LogP contribution in [0.4, 0.5) is 0 Å². The van der Waals surface area contributed by atoms with Gasteiger partial charge in [0.15, 0.2) is 0 Å². The third-order valence-electron chi connectivity index (χ3n) is 5.19. The van der Waals surface area contributed by atoms with E-state index in [1.54, 1.807) is 7.11 Å². The van der Waals surface area contributed by atoms with Crippen molar-refractivity contribution in [2.24, 2.45) is 17.1 Å². The van der Waals surface area contributed by atoms with Gasteiger partial charge in [0.2, 0.25) is 11.7 Å². The van der Waals surface area contributed by atoms with E-state index in [-0.39, 0.29) is 6.04 Å². The minimum absolute atomic E-state index is 0.204. The van der Waals surface area contributed by atoms with Crippen LogP contribution in [0.5, 0.6) is 0 Å². The molecule has 1 fully saturated rings. The van der Waals surface area contributed by atoms with Crippen molar-refractivity contribution in [3.05, 3.63) is 11.7 Å². The van der Waals surface area contributed by atoms with Gasteiger partial charge in [0.1, 0.15) is 5.60 Å². The average molecular weight is 295 g/mol. The zero-order chi connectivity index (χ0) is 15.7. The standard InChI is InChI=1S/C16H29N3O2/c1-6-11(2)12(17)13-18-14(19-21-13)16(20-5)9-7-15(3,4)8-10-16/h11-12H,6-10,17H2,1-5H3/t11?,12-/m0/s1. The van der Waals surface area contributed by atoms with Gasteiger partial charge in [-0.25, -0.2) is 0 Å². The van der Waals surface area contributed by atoms with Gasteiger partial charge < -0.3 is 15.0 Å². The van der Waals surface area contributed by atoms with Crippen molar-refractivity contribution in [3.8, 4) is 0 Å². The van der Waals surface area contributed by atoms with Crippen LogP contribution >= 0.6 is 0 Å². The van der Waals surface area contributed by atoms with Crippen LogP contribution in [0, 0.1) is 11.3 Å². The molecule has 0 spiro atoms. The average Bonchev–Trinajstić information content (AvgIpc) is 2.96. The van der Waals surface area contributed by atoms with Crippen molar-refractivity contribution in [1.82, 2.24) is 10.1 Å². The Hall–Kier alpha value is -0.940. The molecule has 0 bridgehead atoms. The van der Waals surface area contributed by atoms with Gasteiger partial charge in [-0.2, -0.15) is 4.98 Å². The molecule has 5 nitrogen and oxygen atoms in total. The molecular weight excluding hydrogens is 266 g/mol. The quantitative estimate of drug-likeness (QED) is 0.899. The Morgan fingerprint density at radius 1 is 1.29 bits per heavy atom. The third kappa shape index (κ3) is 3.29. The first-order valence-electron chi connectivity index (χ1n) is 7.98. The Morgan fingerprint density at radius 2 is 1.90 bits per heavy atom. The van der Waals surface area contributed by atoms with Gasteiger partial charge >= 0.3 is 0 Å². The number of hydrogen-bond acceptors (Lipinski definition) is 5. The van der Waals surface area contributed by atoms with E-state index in [4.69, 9.17) is 15.0 Å². The second-order valence-electron chi connectivity index (χ2n) is 7.23. The smallest absolute Gasteiger partial charge is 0.243 e. The zero-order valence-corrected chi connectivity index (χ0v) is 14.0. The molecule has 0 aromatic carbocycles. The first-order chi connectivity index (χ1) is 9.83. The summed E-state index contributed by atoms with van der Waals surface area (Å²) in [6.45, 7) is 8.81. The summed E-state index contributed by atoms with van der Waals surface area (Å²) in [6, 6.07) is -0.204. The minimum Gasteiger partial charge on any atom is -0.370 e. The fourth-order valence-corrected chi connectivity index (χ4v) is 2.90. The molecule has 1 unspecified atom stereocenters. The highest BCUT2D eigenvalue weighted by Crippen LogP contribution is 2.46. The van der Waals surface area contributed by atoms with Crippen molar-refractivity contribution < 1.29 is 9.26 Å². The SMILES string of the molecule is CCC(C)[C@H](N)c1nc(C2(OC)CCC(C)(C)CC2)no1. The summed E-state index contributed by atoms with van der Waals surface area (Å²) >= 11 is 0. The Morgan fingerprint density at radius 3 is 2.43 bits per heavy atom. The second-order valence-corrected chi connectivity index (χ2v) is 7.23. The molecule has 1 aliphatic rings. The molecule has 0 aliphatic heterocycles. The lowest BCUT2D eigenvalue weighted by Gasteiger charge is -2.40. The lowest BCUT2D eigenvalue weighted by atomic mass is 9.70. The summed E-state index contributed by atoms with van der Waals surface area (Å²) in [7, 11) is 1.74. The van der Waals surface area contributed by atoms with E-state index in [2.05, 4.69) is 37.8 Å². The number of methoxy groups -OCH3 is 1. The molecule has 120 valence electrons. The molecule has 1 aromatic heterocycles. The van der Waals surface area contributed by atoms with Crippen LogP contribution in [0.25, 0.3) is 0 Å². The van der Waals surface area contributed by atoms with Crippen LogP contribution in [0.2, 0.25) is 0 Å². The van der Waals surface area contributed by atoms with E-state index >= 15 is 0 Å². The van der Waals surface area contributed by atoms with Crippen LogP contribution in [0.3, 0.4) is 0 Å². The highest BCUT2D eigenvalue weighted by atomic mass is 16.5. The van der Waals surface area contributed by atoms with E-state index in [1.807, 2.05) is 0 Å². The monoisotopic (exact) mass is 295 g/mol. The second kappa shape index (κ2) is 6.05. The van der Waals surface area contributed by atoms with Crippen molar-refractivity contribution >= 4 is 0 Å². The summed E-state index contributed by atoms with van der Waals surface area (Å²) in [4.78, 5) is 4.57. The number of aromatic nitrogens is 2. The third-order valence-corrected chi connectivity index (χ3v) is 5.19. The van der Waals surface area contributed by atoms with Gasteiger partial charge in [0, 0.05) is 7.11 Å². The molecule has 2 atom stereocenters. The number of ether oxygens (including phenoxy) is 1. The maximum Gasteiger partial charge on any atom is 0.243 e. The molecule has 1 heterocycles.